The summed E-state index contributed by atoms with van der Waals surface area (Å²) in [5.41, 5.74) is 1.02. The van der Waals surface area contributed by atoms with Gasteiger partial charge in [-0.25, -0.2) is 9.59 Å². The van der Waals surface area contributed by atoms with Crippen LogP contribution in [-0.2, 0) is 36.8 Å². The average Bonchev–Trinajstić information content (AvgIpc) is 3.12. The highest BCUT2D eigenvalue weighted by Crippen LogP contribution is 2.34. The SMILES string of the molecule is CCOC(=O)CCc1ccc(OCC(=O)Nc2ccc(OC3CCCN(C(=O)OC(C)(C)C)C3)c(N(C)C(=O)OC(C)(C)C)c2)cc1OCc1ccc(Cl)cc1. The molecule has 3 aromatic carbocycles. The standard InChI is InChI=1S/C42H54ClN3O10/c1-9-51-38(48)21-15-29-14-19-32(24-36(29)53-26-28-12-16-30(43)17-13-28)52-27-37(47)44-31-18-20-35(34(23-31)45(8)39(49)55-41(2,3)4)54-33-11-10-22-46(25-33)40(50)56-42(5,6)7/h12-14,16-20,23-24,33H,9-11,15,21-22,25-27H2,1-8H3,(H,44,47). The second kappa shape index (κ2) is 19.6. The van der Waals surface area contributed by atoms with Crippen LogP contribution < -0.4 is 24.4 Å². The molecule has 1 aliphatic heterocycles. The monoisotopic (exact) mass is 795 g/mol. The summed E-state index contributed by atoms with van der Waals surface area (Å²) in [7, 11) is 1.56. The molecule has 0 aliphatic carbocycles. The largest absolute Gasteiger partial charge is 0.488 e. The maximum Gasteiger partial charge on any atom is 0.414 e. The Bertz CT molecular complexity index is 1820. The molecule has 1 heterocycles. The van der Waals surface area contributed by atoms with Crippen LogP contribution in [-0.4, -0.2) is 79.6 Å². The van der Waals surface area contributed by atoms with Crippen molar-refractivity contribution in [1.82, 2.24) is 4.90 Å². The van der Waals surface area contributed by atoms with Crippen LogP contribution in [0.2, 0.25) is 5.02 Å². The molecule has 14 heteroatoms. The van der Waals surface area contributed by atoms with Gasteiger partial charge in [0.15, 0.2) is 6.61 Å². The third kappa shape index (κ3) is 14.2. The highest BCUT2D eigenvalue weighted by atomic mass is 35.5. The Labute approximate surface area is 334 Å². The molecule has 1 unspecified atom stereocenters. The zero-order valence-electron chi connectivity index (χ0n) is 33.6. The zero-order chi connectivity index (χ0) is 41.0. The van der Waals surface area contributed by atoms with Crippen LogP contribution in [0.25, 0.3) is 0 Å². The van der Waals surface area contributed by atoms with Crippen molar-refractivity contribution >= 4 is 47.0 Å². The summed E-state index contributed by atoms with van der Waals surface area (Å²) in [6.07, 6.45) is 0.558. The van der Waals surface area contributed by atoms with E-state index < -0.39 is 29.3 Å². The predicted octanol–water partition coefficient (Wildman–Crippen LogP) is 8.58. The van der Waals surface area contributed by atoms with E-state index in [9.17, 15) is 19.2 Å². The maximum absolute atomic E-state index is 13.2. The molecule has 1 N–H and O–H groups in total. The smallest absolute Gasteiger partial charge is 0.414 e. The number of likely N-dealkylation sites (tertiary alicyclic amines) is 1. The quantitative estimate of drug-likeness (QED) is 0.125. The van der Waals surface area contributed by atoms with Crippen molar-refractivity contribution in [1.29, 1.82) is 0 Å². The van der Waals surface area contributed by atoms with E-state index in [0.29, 0.717) is 72.6 Å². The number of piperidine rings is 1. The molecule has 1 atom stereocenters. The normalized spacial score (nSPS) is 14.3. The fourth-order valence-electron chi connectivity index (χ4n) is 5.62. The van der Waals surface area contributed by atoms with Crippen LogP contribution >= 0.6 is 11.6 Å². The number of carbonyl (C=O) groups is 4. The Morgan fingerprint density at radius 3 is 2.29 bits per heavy atom. The first-order valence-electron chi connectivity index (χ1n) is 18.7. The van der Waals surface area contributed by atoms with E-state index >= 15 is 0 Å². The van der Waals surface area contributed by atoms with Crippen LogP contribution in [0.15, 0.2) is 60.7 Å². The Balaban J connectivity index is 1.48. The number of ether oxygens (including phenoxy) is 6. The van der Waals surface area contributed by atoms with Gasteiger partial charge in [0, 0.05) is 36.8 Å². The van der Waals surface area contributed by atoms with Gasteiger partial charge in [-0.15, -0.1) is 0 Å². The van der Waals surface area contributed by atoms with E-state index in [1.54, 1.807) is 88.2 Å². The highest BCUT2D eigenvalue weighted by Gasteiger charge is 2.30. The minimum atomic E-state index is -0.757. The van der Waals surface area contributed by atoms with Crippen LogP contribution in [0, 0.1) is 0 Å². The molecule has 0 radical (unpaired) electrons. The molecule has 1 fully saturated rings. The predicted molar refractivity (Wildman–Crippen MR) is 214 cm³/mol. The second-order valence-corrected chi connectivity index (χ2v) is 15.8. The van der Waals surface area contributed by atoms with Crippen LogP contribution in [0.3, 0.4) is 0 Å². The van der Waals surface area contributed by atoms with Gasteiger partial charge in [-0.05, 0) is 115 Å². The number of hydrogen-bond donors (Lipinski definition) is 1. The first kappa shape index (κ1) is 43.6. The number of carbonyl (C=O) groups excluding carboxylic acids is 4. The molecule has 3 amide bonds. The first-order chi connectivity index (χ1) is 26.4. The second-order valence-electron chi connectivity index (χ2n) is 15.4. The van der Waals surface area contributed by atoms with Crippen LogP contribution in [0.1, 0.15) is 78.9 Å². The molecule has 3 aromatic rings. The minimum Gasteiger partial charge on any atom is -0.488 e. The molecule has 0 saturated carbocycles. The summed E-state index contributed by atoms with van der Waals surface area (Å²) >= 11 is 6.03. The summed E-state index contributed by atoms with van der Waals surface area (Å²) in [5.74, 6) is 0.484. The van der Waals surface area contributed by atoms with Gasteiger partial charge < -0.3 is 38.6 Å². The van der Waals surface area contributed by atoms with Gasteiger partial charge in [0.2, 0.25) is 0 Å². The third-order valence-corrected chi connectivity index (χ3v) is 8.47. The molecular weight excluding hydrogens is 742 g/mol. The summed E-state index contributed by atoms with van der Waals surface area (Å²) in [6.45, 7) is 13.6. The molecule has 4 rings (SSSR count). The van der Waals surface area contributed by atoms with Gasteiger partial charge in [-0.3, -0.25) is 14.5 Å². The lowest BCUT2D eigenvalue weighted by Gasteiger charge is -2.35. The number of benzene rings is 3. The van der Waals surface area contributed by atoms with Crippen molar-refractivity contribution in [2.75, 3.05) is 43.6 Å². The molecule has 0 aromatic heterocycles. The number of aryl methyl sites for hydroxylation is 1. The molecule has 0 bridgehead atoms. The molecule has 0 spiro atoms. The highest BCUT2D eigenvalue weighted by molar-refractivity contribution is 6.30. The van der Waals surface area contributed by atoms with Crippen molar-refractivity contribution in [3.05, 3.63) is 76.8 Å². The Hall–Kier alpha value is -5.17. The molecule has 13 nitrogen and oxygen atoms in total. The lowest BCUT2D eigenvalue weighted by Crippen LogP contribution is -2.46. The summed E-state index contributed by atoms with van der Waals surface area (Å²) in [5, 5.41) is 3.44. The Kier molecular flexibility index (Phi) is 15.3. The topological polar surface area (TPSA) is 142 Å². The van der Waals surface area contributed by atoms with E-state index in [0.717, 1.165) is 11.1 Å². The molecule has 1 aliphatic rings. The van der Waals surface area contributed by atoms with Crippen LogP contribution in [0.5, 0.6) is 17.2 Å². The molecule has 1 saturated heterocycles. The average molecular weight is 796 g/mol. The molecular formula is C42H54ClN3O10. The van der Waals surface area contributed by atoms with Crippen molar-refractivity contribution in [2.45, 2.75) is 98.1 Å². The number of rotatable bonds is 14. The number of anilines is 2. The fourth-order valence-corrected chi connectivity index (χ4v) is 5.74. The molecule has 304 valence electrons. The zero-order valence-corrected chi connectivity index (χ0v) is 34.3. The van der Waals surface area contributed by atoms with E-state index in [2.05, 4.69) is 5.32 Å². The third-order valence-electron chi connectivity index (χ3n) is 8.21. The summed E-state index contributed by atoms with van der Waals surface area (Å²) < 4.78 is 34.7. The van der Waals surface area contributed by atoms with Crippen molar-refractivity contribution in [3.8, 4) is 17.2 Å². The van der Waals surface area contributed by atoms with Gasteiger partial charge in [0.1, 0.15) is 41.2 Å². The van der Waals surface area contributed by atoms with Gasteiger partial charge in [-0.1, -0.05) is 29.8 Å². The number of halogens is 1. The number of hydrogen-bond acceptors (Lipinski definition) is 10. The Morgan fingerprint density at radius 2 is 1.61 bits per heavy atom. The van der Waals surface area contributed by atoms with E-state index in [4.69, 9.17) is 40.0 Å². The lowest BCUT2D eigenvalue weighted by atomic mass is 10.1. The molecule has 56 heavy (non-hydrogen) atoms. The van der Waals surface area contributed by atoms with Crippen LogP contribution in [0.4, 0.5) is 21.0 Å². The summed E-state index contributed by atoms with van der Waals surface area (Å²) in [4.78, 5) is 54.2. The van der Waals surface area contributed by atoms with E-state index in [-0.39, 0.29) is 31.7 Å². The van der Waals surface area contributed by atoms with Crippen molar-refractivity contribution in [2.24, 2.45) is 0 Å². The Morgan fingerprint density at radius 1 is 0.893 bits per heavy atom. The lowest BCUT2D eigenvalue weighted by molar-refractivity contribution is -0.143. The number of esters is 1. The van der Waals surface area contributed by atoms with Gasteiger partial charge >= 0.3 is 18.2 Å². The van der Waals surface area contributed by atoms with Crippen molar-refractivity contribution in [3.63, 3.8) is 0 Å². The number of amides is 3. The summed E-state index contributed by atoms with van der Waals surface area (Å²) in [6, 6.07) is 17.4. The number of nitrogens with one attached hydrogen (secondary N) is 1. The first-order valence-corrected chi connectivity index (χ1v) is 19.1. The minimum absolute atomic E-state index is 0.174. The van der Waals surface area contributed by atoms with E-state index in [1.165, 1.54) is 4.90 Å². The number of nitrogens with zero attached hydrogens (tertiary/aromatic N) is 2. The van der Waals surface area contributed by atoms with E-state index in [1.807, 2.05) is 32.9 Å². The van der Waals surface area contributed by atoms with Gasteiger partial charge in [0.05, 0.1) is 18.8 Å². The maximum atomic E-state index is 13.2. The van der Waals surface area contributed by atoms with Gasteiger partial charge in [0.25, 0.3) is 5.91 Å². The van der Waals surface area contributed by atoms with Gasteiger partial charge in [-0.2, -0.15) is 0 Å². The fraction of sp³-hybridized carbons (Fsp3) is 0.476. The van der Waals surface area contributed by atoms with Crippen molar-refractivity contribution < 1.29 is 47.6 Å².